The van der Waals surface area contributed by atoms with Crippen LogP contribution in [0.3, 0.4) is 0 Å². The standard InChI is InChI=1S/C19H17ClN4O2/c1-12-3-8-17(26-2)15(9-12)24-18-11-21-16(10-22-18)19(25)23-14-6-4-13(20)5-7-14/h3-11H,1-2H3,(H,22,24)(H,23,25). The van der Waals surface area contributed by atoms with E-state index in [0.717, 1.165) is 11.3 Å². The molecule has 2 N–H and O–H groups in total. The number of aromatic nitrogens is 2. The molecule has 0 bridgehead atoms. The van der Waals surface area contributed by atoms with Crippen LogP contribution in [0.5, 0.6) is 5.75 Å². The second-order valence-electron chi connectivity index (χ2n) is 5.58. The van der Waals surface area contributed by atoms with Crippen molar-refractivity contribution in [3.8, 4) is 5.75 Å². The summed E-state index contributed by atoms with van der Waals surface area (Å²) >= 11 is 5.83. The van der Waals surface area contributed by atoms with Gasteiger partial charge < -0.3 is 15.4 Å². The SMILES string of the molecule is COc1ccc(C)cc1Nc1cnc(C(=O)Nc2ccc(Cl)cc2)cn1. The summed E-state index contributed by atoms with van der Waals surface area (Å²) in [4.78, 5) is 20.6. The second-order valence-corrected chi connectivity index (χ2v) is 6.01. The number of ether oxygens (including phenoxy) is 1. The number of carbonyl (C=O) groups excluding carboxylic acids is 1. The molecule has 0 spiro atoms. The Labute approximate surface area is 156 Å². The van der Waals surface area contributed by atoms with E-state index in [0.29, 0.717) is 22.3 Å². The van der Waals surface area contributed by atoms with Gasteiger partial charge in [0.05, 0.1) is 25.2 Å². The lowest BCUT2D eigenvalue weighted by Gasteiger charge is -2.11. The van der Waals surface area contributed by atoms with Crippen LogP contribution in [0.4, 0.5) is 17.2 Å². The summed E-state index contributed by atoms with van der Waals surface area (Å²) in [5.41, 5.74) is 2.70. The van der Waals surface area contributed by atoms with Crippen molar-refractivity contribution in [1.82, 2.24) is 9.97 Å². The van der Waals surface area contributed by atoms with E-state index in [1.54, 1.807) is 31.4 Å². The Morgan fingerprint density at radius 1 is 1.08 bits per heavy atom. The number of amides is 1. The van der Waals surface area contributed by atoms with Crippen molar-refractivity contribution in [2.75, 3.05) is 17.7 Å². The molecular formula is C19H17ClN4O2. The van der Waals surface area contributed by atoms with Gasteiger partial charge in [0.15, 0.2) is 0 Å². The topological polar surface area (TPSA) is 76.1 Å². The highest BCUT2D eigenvalue weighted by Crippen LogP contribution is 2.27. The van der Waals surface area contributed by atoms with Crippen LogP contribution in [-0.4, -0.2) is 23.0 Å². The average Bonchev–Trinajstić information content (AvgIpc) is 2.64. The summed E-state index contributed by atoms with van der Waals surface area (Å²) in [5, 5.41) is 6.48. The molecule has 0 radical (unpaired) electrons. The highest BCUT2D eigenvalue weighted by molar-refractivity contribution is 6.30. The summed E-state index contributed by atoms with van der Waals surface area (Å²) in [6, 6.07) is 12.6. The maximum Gasteiger partial charge on any atom is 0.275 e. The molecule has 0 saturated heterocycles. The number of methoxy groups -OCH3 is 1. The van der Waals surface area contributed by atoms with Gasteiger partial charge in [-0.1, -0.05) is 17.7 Å². The van der Waals surface area contributed by atoms with Crippen LogP contribution >= 0.6 is 11.6 Å². The van der Waals surface area contributed by atoms with Crippen molar-refractivity contribution in [3.63, 3.8) is 0 Å². The van der Waals surface area contributed by atoms with E-state index in [1.165, 1.54) is 12.4 Å². The third-order valence-corrected chi connectivity index (χ3v) is 3.86. The van der Waals surface area contributed by atoms with E-state index >= 15 is 0 Å². The molecule has 1 aromatic heterocycles. The lowest BCUT2D eigenvalue weighted by molar-refractivity contribution is 0.102. The van der Waals surface area contributed by atoms with E-state index in [9.17, 15) is 4.79 Å². The summed E-state index contributed by atoms with van der Waals surface area (Å²) in [6.45, 7) is 1.99. The zero-order valence-electron chi connectivity index (χ0n) is 14.3. The Hall–Kier alpha value is -3.12. The van der Waals surface area contributed by atoms with Gasteiger partial charge in [0, 0.05) is 10.7 Å². The highest BCUT2D eigenvalue weighted by atomic mass is 35.5. The normalized spacial score (nSPS) is 10.3. The summed E-state index contributed by atoms with van der Waals surface area (Å²) < 4.78 is 5.33. The predicted octanol–water partition coefficient (Wildman–Crippen LogP) is 4.44. The molecule has 7 heteroatoms. The van der Waals surface area contributed by atoms with Crippen LogP contribution in [0.25, 0.3) is 0 Å². The fraction of sp³-hybridized carbons (Fsp3) is 0.105. The molecule has 2 aromatic carbocycles. The molecule has 6 nitrogen and oxygen atoms in total. The Morgan fingerprint density at radius 2 is 1.85 bits per heavy atom. The van der Waals surface area contributed by atoms with Crippen molar-refractivity contribution in [2.24, 2.45) is 0 Å². The van der Waals surface area contributed by atoms with E-state index in [1.807, 2.05) is 25.1 Å². The second kappa shape index (κ2) is 7.84. The molecule has 0 aliphatic heterocycles. The lowest BCUT2D eigenvalue weighted by atomic mass is 10.2. The molecule has 3 aromatic rings. The number of hydrogen-bond donors (Lipinski definition) is 2. The Bertz CT molecular complexity index is 912. The smallest absolute Gasteiger partial charge is 0.275 e. The molecule has 1 heterocycles. The first-order valence-electron chi connectivity index (χ1n) is 7.86. The number of halogens is 1. The van der Waals surface area contributed by atoms with Crippen molar-refractivity contribution < 1.29 is 9.53 Å². The average molecular weight is 369 g/mol. The van der Waals surface area contributed by atoms with Gasteiger partial charge in [-0.25, -0.2) is 9.97 Å². The van der Waals surface area contributed by atoms with Gasteiger partial charge in [-0.15, -0.1) is 0 Å². The number of nitrogens with zero attached hydrogens (tertiary/aromatic N) is 2. The molecule has 3 rings (SSSR count). The highest BCUT2D eigenvalue weighted by Gasteiger charge is 2.10. The molecule has 1 amide bonds. The molecule has 0 aliphatic rings. The number of rotatable bonds is 5. The first-order valence-corrected chi connectivity index (χ1v) is 8.23. The zero-order valence-corrected chi connectivity index (χ0v) is 15.0. The molecular weight excluding hydrogens is 352 g/mol. The molecule has 132 valence electrons. The molecule has 0 fully saturated rings. The number of anilines is 3. The van der Waals surface area contributed by atoms with Crippen molar-refractivity contribution in [3.05, 3.63) is 71.1 Å². The van der Waals surface area contributed by atoms with Crippen molar-refractivity contribution >= 4 is 34.7 Å². The van der Waals surface area contributed by atoms with Crippen LogP contribution in [0.15, 0.2) is 54.9 Å². The largest absolute Gasteiger partial charge is 0.495 e. The number of aryl methyl sites for hydroxylation is 1. The summed E-state index contributed by atoms with van der Waals surface area (Å²) in [7, 11) is 1.60. The minimum absolute atomic E-state index is 0.210. The first-order chi connectivity index (χ1) is 12.5. The molecule has 0 atom stereocenters. The van der Waals surface area contributed by atoms with Gasteiger partial charge >= 0.3 is 0 Å². The monoisotopic (exact) mass is 368 g/mol. The van der Waals surface area contributed by atoms with Crippen LogP contribution in [-0.2, 0) is 0 Å². The third-order valence-electron chi connectivity index (χ3n) is 3.60. The first kappa shape index (κ1) is 17.7. The molecule has 0 aliphatic carbocycles. The third kappa shape index (κ3) is 4.29. The number of benzene rings is 2. The van der Waals surface area contributed by atoms with Crippen molar-refractivity contribution in [1.29, 1.82) is 0 Å². The lowest BCUT2D eigenvalue weighted by Crippen LogP contribution is -2.14. The van der Waals surface area contributed by atoms with E-state index in [2.05, 4.69) is 20.6 Å². The zero-order chi connectivity index (χ0) is 18.5. The molecule has 0 unspecified atom stereocenters. The maximum atomic E-state index is 12.2. The van der Waals surface area contributed by atoms with Crippen molar-refractivity contribution in [2.45, 2.75) is 6.92 Å². The summed E-state index contributed by atoms with van der Waals surface area (Å²) in [5.74, 6) is 0.860. The number of hydrogen-bond acceptors (Lipinski definition) is 5. The van der Waals surface area contributed by atoms with Crippen LogP contribution < -0.4 is 15.4 Å². The maximum absolute atomic E-state index is 12.2. The number of carbonyl (C=O) groups is 1. The predicted molar refractivity (Wildman–Crippen MR) is 102 cm³/mol. The Balaban J connectivity index is 1.71. The Morgan fingerprint density at radius 3 is 2.50 bits per heavy atom. The Kier molecular flexibility index (Phi) is 5.34. The molecule has 26 heavy (non-hydrogen) atoms. The van der Waals surface area contributed by atoms with Crippen LogP contribution in [0.1, 0.15) is 16.1 Å². The van der Waals surface area contributed by atoms with E-state index in [4.69, 9.17) is 16.3 Å². The van der Waals surface area contributed by atoms with Gasteiger partial charge in [0.2, 0.25) is 0 Å². The van der Waals surface area contributed by atoms with Gasteiger partial charge in [-0.05, 0) is 48.9 Å². The van der Waals surface area contributed by atoms with E-state index in [-0.39, 0.29) is 11.6 Å². The van der Waals surface area contributed by atoms with Gasteiger partial charge in [0.25, 0.3) is 5.91 Å². The van der Waals surface area contributed by atoms with E-state index < -0.39 is 0 Å². The quantitative estimate of drug-likeness (QED) is 0.696. The molecule has 0 saturated carbocycles. The van der Waals surface area contributed by atoms with Gasteiger partial charge in [-0.2, -0.15) is 0 Å². The van der Waals surface area contributed by atoms with Gasteiger partial charge in [-0.3, -0.25) is 4.79 Å². The minimum atomic E-state index is -0.348. The van der Waals surface area contributed by atoms with Crippen LogP contribution in [0.2, 0.25) is 5.02 Å². The fourth-order valence-electron chi connectivity index (χ4n) is 2.30. The van der Waals surface area contributed by atoms with Crippen LogP contribution in [0, 0.1) is 6.92 Å². The van der Waals surface area contributed by atoms with Gasteiger partial charge in [0.1, 0.15) is 17.3 Å². The minimum Gasteiger partial charge on any atom is -0.495 e. The number of nitrogens with one attached hydrogen (secondary N) is 2. The fourth-order valence-corrected chi connectivity index (χ4v) is 2.42. The summed E-state index contributed by atoms with van der Waals surface area (Å²) in [6.07, 6.45) is 2.91.